The van der Waals surface area contributed by atoms with E-state index in [1.807, 2.05) is 7.05 Å². The van der Waals surface area contributed by atoms with Crippen molar-refractivity contribution in [2.45, 2.75) is 5.75 Å². The molecular formula is C9H13N5OS. The van der Waals surface area contributed by atoms with Gasteiger partial charge in [-0.15, -0.1) is 0 Å². The first-order valence-corrected chi connectivity index (χ1v) is 6.00. The van der Waals surface area contributed by atoms with Gasteiger partial charge in [-0.3, -0.25) is 4.68 Å². The fourth-order valence-corrected chi connectivity index (χ4v) is 1.97. The lowest BCUT2D eigenvalue weighted by atomic mass is 10.4. The van der Waals surface area contributed by atoms with Gasteiger partial charge in [0, 0.05) is 12.8 Å². The first-order chi connectivity index (χ1) is 7.72. The molecule has 0 fully saturated rings. The van der Waals surface area contributed by atoms with Crippen LogP contribution in [-0.2, 0) is 12.8 Å². The van der Waals surface area contributed by atoms with E-state index in [4.69, 9.17) is 10.8 Å². The van der Waals surface area contributed by atoms with Crippen LogP contribution >= 0.6 is 11.8 Å². The third-order valence-electron chi connectivity index (χ3n) is 2.13. The molecule has 0 saturated heterocycles. The highest BCUT2D eigenvalue weighted by Gasteiger charge is 2.08. The second-order valence-corrected chi connectivity index (χ2v) is 4.41. The average molecular weight is 239 g/mol. The molecule has 0 aliphatic carbocycles. The maximum atomic E-state index is 8.68. The Kier molecular flexibility index (Phi) is 3.25. The van der Waals surface area contributed by atoms with E-state index in [-0.39, 0.29) is 6.61 Å². The number of hydrogen-bond donors (Lipinski definition) is 2. The number of rotatable bonds is 4. The zero-order chi connectivity index (χ0) is 11.5. The second kappa shape index (κ2) is 4.67. The molecule has 0 aromatic carbocycles. The Labute approximate surface area is 96.9 Å². The summed E-state index contributed by atoms with van der Waals surface area (Å²) in [6.07, 6.45) is 1.66. The van der Waals surface area contributed by atoms with Crippen molar-refractivity contribution in [1.29, 1.82) is 0 Å². The number of aliphatic hydroxyl groups is 1. The summed E-state index contributed by atoms with van der Waals surface area (Å²) in [5.74, 6) is 2.45. The number of aromatic nitrogens is 4. The monoisotopic (exact) mass is 239 g/mol. The number of aliphatic hydroxyl groups excluding tert-OH is 1. The lowest BCUT2D eigenvalue weighted by molar-refractivity contribution is 0.322. The lowest BCUT2D eigenvalue weighted by Gasteiger charge is -2.02. The average Bonchev–Trinajstić information content (AvgIpc) is 2.62. The molecule has 0 aliphatic heterocycles. The first-order valence-electron chi connectivity index (χ1n) is 4.85. The van der Waals surface area contributed by atoms with Gasteiger partial charge in [-0.1, -0.05) is 0 Å². The molecule has 7 heteroatoms. The molecule has 2 rings (SSSR count). The molecule has 0 amide bonds. The highest BCUT2D eigenvalue weighted by molar-refractivity contribution is 7.98. The summed E-state index contributed by atoms with van der Waals surface area (Å²) in [7, 11) is 1.82. The summed E-state index contributed by atoms with van der Waals surface area (Å²) in [6.45, 7) is 0.161. The fraction of sp³-hybridized carbons (Fsp3) is 0.444. The molecule has 0 spiro atoms. The number of aryl methyl sites for hydroxylation is 1. The van der Waals surface area contributed by atoms with E-state index in [9.17, 15) is 0 Å². The summed E-state index contributed by atoms with van der Waals surface area (Å²) < 4.78 is 1.67. The zero-order valence-corrected chi connectivity index (χ0v) is 9.74. The minimum atomic E-state index is 0.161. The van der Waals surface area contributed by atoms with Gasteiger partial charge in [-0.2, -0.15) is 16.9 Å². The number of thioether (sulfide) groups is 1. The van der Waals surface area contributed by atoms with E-state index in [1.54, 1.807) is 22.6 Å². The molecule has 0 saturated carbocycles. The van der Waals surface area contributed by atoms with Crippen LogP contribution in [0.2, 0.25) is 0 Å². The zero-order valence-electron chi connectivity index (χ0n) is 8.92. The van der Waals surface area contributed by atoms with Gasteiger partial charge in [0.2, 0.25) is 0 Å². The van der Waals surface area contributed by atoms with Crippen molar-refractivity contribution in [3.63, 3.8) is 0 Å². The second-order valence-electron chi connectivity index (χ2n) is 3.31. The van der Waals surface area contributed by atoms with Gasteiger partial charge >= 0.3 is 0 Å². The van der Waals surface area contributed by atoms with Gasteiger partial charge in [-0.25, -0.2) is 9.97 Å². The van der Waals surface area contributed by atoms with Gasteiger partial charge in [0.05, 0.1) is 23.9 Å². The van der Waals surface area contributed by atoms with Crippen molar-refractivity contribution >= 4 is 28.6 Å². The maximum Gasteiger partial charge on any atom is 0.163 e. The van der Waals surface area contributed by atoms with Crippen LogP contribution in [0, 0.1) is 0 Å². The van der Waals surface area contributed by atoms with Crippen LogP contribution in [0.4, 0.5) is 5.82 Å². The molecule has 0 radical (unpaired) electrons. The van der Waals surface area contributed by atoms with Crippen molar-refractivity contribution in [3.05, 3.63) is 12.0 Å². The smallest absolute Gasteiger partial charge is 0.163 e. The molecule has 0 bridgehead atoms. The van der Waals surface area contributed by atoms with Gasteiger partial charge in [-0.05, 0) is 0 Å². The molecule has 0 unspecified atom stereocenters. The van der Waals surface area contributed by atoms with Crippen molar-refractivity contribution < 1.29 is 5.11 Å². The highest BCUT2D eigenvalue weighted by atomic mass is 32.2. The normalized spacial score (nSPS) is 11.1. The van der Waals surface area contributed by atoms with Crippen molar-refractivity contribution in [2.75, 3.05) is 18.1 Å². The quantitative estimate of drug-likeness (QED) is 0.739. The third kappa shape index (κ3) is 2.10. The van der Waals surface area contributed by atoms with Crippen LogP contribution in [0.3, 0.4) is 0 Å². The predicted molar refractivity (Wildman–Crippen MR) is 64.0 cm³/mol. The standard InChI is InChI=1S/C9H13N5OS/c1-14-9-6(4-11-14)8(10)12-7(13-9)5-16-3-2-15/h4,15H,2-3,5H2,1H3,(H2,10,12,13). The molecule has 3 N–H and O–H groups in total. The van der Waals surface area contributed by atoms with E-state index in [1.165, 1.54) is 0 Å². The Hall–Kier alpha value is -1.34. The van der Waals surface area contributed by atoms with Crippen molar-refractivity contribution in [1.82, 2.24) is 19.7 Å². The van der Waals surface area contributed by atoms with Crippen molar-refractivity contribution in [2.24, 2.45) is 7.05 Å². The van der Waals surface area contributed by atoms with E-state index < -0.39 is 0 Å². The molecule has 2 heterocycles. The first kappa shape index (κ1) is 11.2. The molecule has 2 aromatic heterocycles. The Bertz CT molecular complexity index is 498. The fourth-order valence-electron chi connectivity index (χ4n) is 1.38. The van der Waals surface area contributed by atoms with Gasteiger partial charge < -0.3 is 10.8 Å². The summed E-state index contributed by atoms with van der Waals surface area (Å²) in [5, 5.41) is 13.5. The highest BCUT2D eigenvalue weighted by Crippen LogP contribution is 2.18. The molecule has 16 heavy (non-hydrogen) atoms. The van der Waals surface area contributed by atoms with Crippen molar-refractivity contribution in [3.8, 4) is 0 Å². The number of nitrogen functional groups attached to an aromatic ring is 1. The number of hydrogen-bond acceptors (Lipinski definition) is 6. The topological polar surface area (TPSA) is 89.9 Å². The SMILES string of the molecule is Cn1ncc2c(N)nc(CSCCO)nc21. The Morgan fingerprint density at radius 3 is 3.06 bits per heavy atom. The number of fused-ring (bicyclic) bond motifs is 1. The predicted octanol–water partition coefficient (Wildman–Crippen LogP) is 0.171. The molecule has 2 aromatic rings. The van der Waals surface area contributed by atoms with E-state index in [0.717, 1.165) is 11.0 Å². The molecule has 6 nitrogen and oxygen atoms in total. The molecule has 0 atom stereocenters. The lowest BCUT2D eigenvalue weighted by Crippen LogP contribution is -2.02. The minimum absolute atomic E-state index is 0.161. The minimum Gasteiger partial charge on any atom is -0.396 e. The van der Waals surface area contributed by atoms with Gasteiger partial charge in [0.15, 0.2) is 5.65 Å². The van der Waals surface area contributed by atoms with Crippen LogP contribution in [0.15, 0.2) is 6.20 Å². The van der Waals surface area contributed by atoms with E-state index >= 15 is 0 Å². The Balaban J connectivity index is 2.29. The van der Waals surface area contributed by atoms with E-state index in [0.29, 0.717) is 23.1 Å². The molecule has 86 valence electrons. The maximum absolute atomic E-state index is 8.68. The molecule has 0 aliphatic rings. The van der Waals surface area contributed by atoms with Crippen LogP contribution in [0.25, 0.3) is 11.0 Å². The largest absolute Gasteiger partial charge is 0.396 e. The summed E-state index contributed by atoms with van der Waals surface area (Å²) in [5.41, 5.74) is 6.55. The van der Waals surface area contributed by atoms with Crippen LogP contribution in [0.1, 0.15) is 5.82 Å². The van der Waals surface area contributed by atoms with Gasteiger partial charge in [0.1, 0.15) is 11.6 Å². The Morgan fingerprint density at radius 1 is 1.50 bits per heavy atom. The number of anilines is 1. The third-order valence-corrected chi connectivity index (χ3v) is 3.07. The number of nitrogens with zero attached hydrogens (tertiary/aromatic N) is 4. The van der Waals surface area contributed by atoms with Gasteiger partial charge in [0.25, 0.3) is 0 Å². The van der Waals surface area contributed by atoms with Crippen LogP contribution in [-0.4, -0.2) is 37.2 Å². The summed E-state index contributed by atoms with van der Waals surface area (Å²) in [4.78, 5) is 8.57. The van der Waals surface area contributed by atoms with E-state index in [2.05, 4.69) is 15.1 Å². The molecular weight excluding hydrogens is 226 g/mol. The van der Waals surface area contributed by atoms with Crippen LogP contribution < -0.4 is 5.73 Å². The summed E-state index contributed by atoms with van der Waals surface area (Å²) in [6, 6.07) is 0. The Morgan fingerprint density at radius 2 is 2.31 bits per heavy atom. The summed E-state index contributed by atoms with van der Waals surface area (Å²) >= 11 is 1.57. The number of nitrogens with two attached hydrogens (primary N) is 1. The van der Waals surface area contributed by atoms with Crippen LogP contribution in [0.5, 0.6) is 0 Å².